The molecule has 2 nitrogen and oxygen atoms in total. The first kappa shape index (κ1) is 18.5. The molecule has 0 aliphatic heterocycles. The van der Waals surface area contributed by atoms with Crippen molar-refractivity contribution in [3.05, 3.63) is 95.1 Å². The molecule has 3 aromatic carbocycles. The van der Waals surface area contributed by atoms with Gasteiger partial charge in [0, 0.05) is 21.9 Å². The van der Waals surface area contributed by atoms with Crippen molar-refractivity contribution in [2.75, 3.05) is 0 Å². The summed E-state index contributed by atoms with van der Waals surface area (Å²) in [5, 5.41) is 2.23. The van der Waals surface area contributed by atoms with E-state index in [1.165, 1.54) is 33.4 Å². The Labute approximate surface area is 177 Å². The molecular formula is C28H24N2. The molecule has 2 heterocycles. The minimum atomic E-state index is 0.959. The Morgan fingerprint density at radius 2 is 0.767 bits per heavy atom. The van der Waals surface area contributed by atoms with Crippen molar-refractivity contribution >= 4 is 21.8 Å². The molecule has 0 amide bonds. The molecular weight excluding hydrogens is 364 g/mol. The first-order valence-electron chi connectivity index (χ1n) is 10.4. The van der Waals surface area contributed by atoms with Gasteiger partial charge in [0.05, 0.1) is 22.4 Å². The molecule has 0 fully saturated rings. The van der Waals surface area contributed by atoms with Gasteiger partial charge in [0.1, 0.15) is 0 Å². The molecule has 0 aliphatic rings. The Balaban J connectivity index is 1.80. The van der Waals surface area contributed by atoms with E-state index in [9.17, 15) is 0 Å². The zero-order valence-corrected chi connectivity index (χ0v) is 17.8. The van der Waals surface area contributed by atoms with Gasteiger partial charge in [-0.1, -0.05) is 60.7 Å². The summed E-state index contributed by atoms with van der Waals surface area (Å²) in [5.74, 6) is 0. The topological polar surface area (TPSA) is 25.8 Å². The number of aryl methyl sites for hydroxylation is 4. The van der Waals surface area contributed by atoms with Crippen LogP contribution in [0.2, 0.25) is 0 Å². The van der Waals surface area contributed by atoms with Crippen LogP contribution in [0, 0.1) is 27.7 Å². The molecule has 0 aliphatic carbocycles. The van der Waals surface area contributed by atoms with Gasteiger partial charge in [-0.05, 0) is 62.1 Å². The van der Waals surface area contributed by atoms with Gasteiger partial charge < -0.3 is 0 Å². The Morgan fingerprint density at radius 3 is 1.13 bits per heavy atom. The molecule has 0 bridgehead atoms. The van der Waals surface area contributed by atoms with Crippen molar-refractivity contribution in [1.82, 2.24) is 9.97 Å². The number of hydrogen-bond donors (Lipinski definition) is 0. The third-order valence-corrected chi connectivity index (χ3v) is 5.99. The van der Waals surface area contributed by atoms with Crippen LogP contribution in [0.25, 0.3) is 44.3 Å². The number of nitrogens with zero attached hydrogens (tertiary/aromatic N) is 2. The molecule has 5 rings (SSSR count). The molecule has 0 radical (unpaired) electrons. The minimum absolute atomic E-state index is 0.959. The quantitative estimate of drug-likeness (QED) is 0.295. The summed E-state index contributed by atoms with van der Waals surface area (Å²) in [7, 11) is 0. The summed E-state index contributed by atoms with van der Waals surface area (Å²) in [6.45, 7) is 8.59. The highest BCUT2D eigenvalue weighted by molar-refractivity contribution is 6.04. The van der Waals surface area contributed by atoms with Crippen LogP contribution < -0.4 is 0 Å². The second kappa shape index (κ2) is 7.07. The molecule has 0 spiro atoms. The first-order valence-corrected chi connectivity index (χ1v) is 10.4. The maximum absolute atomic E-state index is 5.11. The fourth-order valence-electron chi connectivity index (χ4n) is 4.48. The van der Waals surface area contributed by atoms with Crippen molar-refractivity contribution in [2.24, 2.45) is 0 Å². The molecule has 2 aromatic heterocycles. The Hall–Kier alpha value is -3.52. The van der Waals surface area contributed by atoms with E-state index >= 15 is 0 Å². The van der Waals surface area contributed by atoms with Crippen LogP contribution in [-0.2, 0) is 0 Å². The number of pyridine rings is 2. The summed E-state index contributed by atoms with van der Waals surface area (Å²) in [5.41, 5.74) is 11.3. The van der Waals surface area contributed by atoms with E-state index in [2.05, 4.69) is 100 Å². The van der Waals surface area contributed by atoms with Gasteiger partial charge in [-0.25, -0.2) is 9.97 Å². The van der Waals surface area contributed by atoms with E-state index in [1.54, 1.807) is 0 Å². The van der Waals surface area contributed by atoms with Gasteiger partial charge in [0.15, 0.2) is 0 Å². The van der Waals surface area contributed by atoms with Crippen molar-refractivity contribution < 1.29 is 0 Å². The highest BCUT2D eigenvalue weighted by Crippen LogP contribution is 2.32. The van der Waals surface area contributed by atoms with E-state index in [-0.39, 0.29) is 0 Å². The van der Waals surface area contributed by atoms with Crippen molar-refractivity contribution in [2.45, 2.75) is 27.7 Å². The van der Waals surface area contributed by atoms with Gasteiger partial charge in [0.25, 0.3) is 0 Å². The zero-order chi connectivity index (χ0) is 20.8. The van der Waals surface area contributed by atoms with Crippen LogP contribution in [-0.4, -0.2) is 9.97 Å². The lowest BCUT2D eigenvalue weighted by molar-refractivity contribution is 1.30. The molecule has 0 saturated heterocycles. The Morgan fingerprint density at radius 1 is 0.433 bits per heavy atom. The number of rotatable bonds is 2. The average molecular weight is 389 g/mol. The van der Waals surface area contributed by atoms with Gasteiger partial charge >= 0.3 is 0 Å². The fraction of sp³-hybridized carbons (Fsp3) is 0.143. The second-order valence-electron chi connectivity index (χ2n) is 8.14. The van der Waals surface area contributed by atoms with E-state index < -0.39 is 0 Å². The number of aromatic nitrogens is 2. The molecule has 5 aromatic rings. The summed E-state index contributed by atoms with van der Waals surface area (Å²) in [6, 6.07) is 25.6. The van der Waals surface area contributed by atoms with Crippen LogP contribution in [0.4, 0.5) is 0 Å². The monoisotopic (exact) mass is 388 g/mol. The van der Waals surface area contributed by atoms with Gasteiger partial charge in [-0.2, -0.15) is 0 Å². The molecule has 0 saturated carbocycles. The molecule has 2 heteroatoms. The maximum atomic E-state index is 5.11. The van der Waals surface area contributed by atoms with Crippen molar-refractivity contribution in [3.63, 3.8) is 0 Å². The van der Waals surface area contributed by atoms with Crippen LogP contribution >= 0.6 is 0 Å². The fourth-order valence-corrected chi connectivity index (χ4v) is 4.48. The highest BCUT2D eigenvalue weighted by atomic mass is 14.8. The van der Waals surface area contributed by atoms with Gasteiger partial charge in [-0.15, -0.1) is 0 Å². The summed E-state index contributed by atoms with van der Waals surface area (Å²) >= 11 is 0. The highest BCUT2D eigenvalue weighted by Gasteiger charge is 2.12. The smallest absolute Gasteiger partial charge is 0.0972 e. The van der Waals surface area contributed by atoms with Crippen LogP contribution in [0.1, 0.15) is 22.3 Å². The maximum Gasteiger partial charge on any atom is 0.0972 e. The predicted molar refractivity (Wildman–Crippen MR) is 127 cm³/mol. The van der Waals surface area contributed by atoms with Crippen LogP contribution in [0.15, 0.2) is 72.8 Å². The van der Waals surface area contributed by atoms with Crippen LogP contribution in [0.5, 0.6) is 0 Å². The molecule has 30 heavy (non-hydrogen) atoms. The predicted octanol–water partition coefficient (Wildman–Crippen LogP) is 7.35. The number of hydrogen-bond acceptors (Lipinski definition) is 2. The number of fused-ring (bicyclic) bond motifs is 3. The Kier molecular flexibility index (Phi) is 4.36. The van der Waals surface area contributed by atoms with Crippen LogP contribution in [0.3, 0.4) is 0 Å². The number of benzene rings is 3. The zero-order valence-electron chi connectivity index (χ0n) is 17.8. The van der Waals surface area contributed by atoms with Crippen molar-refractivity contribution in [3.8, 4) is 22.5 Å². The molecule has 0 unspecified atom stereocenters. The SMILES string of the molecule is Cc1cccc(C)c1-c1ccc2ccc3ccc(-c4c(C)cccc4C)nc3c2n1. The summed E-state index contributed by atoms with van der Waals surface area (Å²) in [6.07, 6.45) is 0. The molecule has 146 valence electrons. The summed E-state index contributed by atoms with van der Waals surface area (Å²) in [4.78, 5) is 10.2. The van der Waals surface area contributed by atoms with Crippen molar-refractivity contribution in [1.29, 1.82) is 0 Å². The largest absolute Gasteiger partial charge is 0.245 e. The first-order chi connectivity index (χ1) is 14.5. The third kappa shape index (κ3) is 2.96. The average Bonchev–Trinajstić information content (AvgIpc) is 2.73. The minimum Gasteiger partial charge on any atom is -0.245 e. The normalized spacial score (nSPS) is 11.3. The standard InChI is InChI=1S/C28H24N2/c1-17-7-5-8-18(2)25(17)23-15-13-21-11-12-22-14-16-24(30-28(22)27(21)29-23)26-19(3)9-6-10-20(26)4/h5-16H,1-4H3. The third-order valence-electron chi connectivity index (χ3n) is 5.99. The molecule has 0 N–H and O–H groups in total. The van der Waals surface area contributed by atoms with E-state index in [1.807, 2.05) is 0 Å². The van der Waals surface area contributed by atoms with E-state index in [0.29, 0.717) is 0 Å². The lowest BCUT2D eigenvalue weighted by Gasteiger charge is -2.12. The molecule has 0 atom stereocenters. The van der Waals surface area contributed by atoms with E-state index in [4.69, 9.17) is 9.97 Å². The van der Waals surface area contributed by atoms with E-state index in [0.717, 1.165) is 33.2 Å². The summed E-state index contributed by atoms with van der Waals surface area (Å²) < 4.78 is 0. The van der Waals surface area contributed by atoms with Gasteiger partial charge in [-0.3, -0.25) is 0 Å². The van der Waals surface area contributed by atoms with Gasteiger partial charge in [0.2, 0.25) is 0 Å². The Bertz CT molecular complexity index is 1280. The lowest BCUT2D eigenvalue weighted by atomic mass is 9.98. The second-order valence-corrected chi connectivity index (χ2v) is 8.14. The lowest BCUT2D eigenvalue weighted by Crippen LogP contribution is -1.95.